The molecular weight excluding hydrogens is 442 g/mol. The summed E-state index contributed by atoms with van der Waals surface area (Å²) in [5.74, 6) is 1.21. The molecule has 1 N–H and O–H groups in total. The molecule has 2 aliphatic heterocycles. The van der Waals surface area contributed by atoms with Crippen molar-refractivity contribution in [3.8, 4) is 5.75 Å². The number of aryl methyl sites for hydroxylation is 1. The largest absolute Gasteiger partial charge is 0.486 e. The molecule has 1 amide bonds. The number of para-hydroxylation sites is 1. The van der Waals surface area contributed by atoms with Crippen LogP contribution in [0, 0.1) is 0 Å². The number of hydrogen-bond donors (Lipinski definition) is 1. The quantitative estimate of drug-likeness (QED) is 0.521. The minimum absolute atomic E-state index is 0.0531. The molecule has 8 nitrogen and oxygen atoms in total. The highest BCUT2D eigenvalue weighted by Crippen LogP contribution is 2.39. The fraction of sp³-hybridized carbons (Fsp3) is 0.370. The maximum absolute atomic E-state index is 12.7. The summed E-state index contributed by atoms with van der Waals surface area (Å²) in [6.45, 7) is 2.76. The van der Waals surface area contributed by atoms with Gasteiger partial charge < -0.3 is 24.6 Å². The maximum atomic E-state index is 12.7. The van der Waals surface area contributed by atoms with E-state index in [0.29, 0.717) is 31.2 Å². The number of nitrogens with one attached hydrogen (secondary N) is 1. The number of carbonyl (C=O) groups excluding carboxylic acids is 1. The zero-order valence-corrected chi connectivity index (χ0v) is 20.2. The Morgan fingerprint density at radius 1 is 1.29 bits per heavy atom. The molecule has 0 radical (unpaired) electrons. The van der Waals surface area contributed by atoms with Gasteiger partial charge in [-0.1, -0.05) is 24.3 Å². The van der Waals surface area contributed by atoms with E-state index in [4.69, 9.17) is 9.47 Å². The summed E-state index contributed by atoms with van der Waals surface area (Å²) >= 11 is 0. The number of carbonyl (C=O) groups is 1. The monoisotopic (exact) mass is 473 g/mol. The van der Waals surface area contributed by atoms with Gasteiger partial charge in [0.2, 0.25) is 5.91 Å². The van der Waals surface area contributed by atoms with Gasteiger partial charge in [0.15, 0.2) is 0 Å². The molecule has 3 heterocycles. The number of rotatable bonds is 7. The Kier molecular flexibility index (Phi) is 6.92. The second-order valence-electron chi connectivity index (χ2n) is 9.20. The molecule has 3 aromatic rings. The first-order valence-electron chi connectivity index (χ1n) is 12.1. The molecule has 182 valence electrons. The van der Waals surface area contributed by atoms with Gasteiger partial charge in [0.1, 0.15) is 24.0 Å². The maximum Gasteiger partial charge on any atom is 0.248 e. The van der Waals surface area contributed by atoms with Crippen LogP contribution in [0.25, 0.3) is 10.9 Å². The summed E-state index contributed by atoms with van der Waals surface area (Å²) in [6, 6.07) is 12.3. The van der Waals surface area contributed by atoms with Crippen LogP contribution in [0.1, 0.15) is 18.4 Å². The molecule has 0 aliphatic carbocycles. The summed E-state index contributed by atoms with van der Waals surface area (Å²) in [5, 5.41) is 3.88. The minimum atomic E-state index is -0.208. The molecule has 0 unspecified atom stereocenters. The van der Waals surface area contributed by atoms with Gasteiger partial charge in [-0.2, -0.15) is 0 Å². The SMILES string of the molecule is CN(C)C/C=C/C(=O)Nc1cc2c(N3CCCc4ccccc43)ncnc2cc1O[C@@H]1CCOC1. The van der Waals surface area contributed by atoms with Gasteiger partial charge >= 0.3 is 0 Å². The third-order valence-electron chi connectivity index (χ3n) is 6.26. The van der Waals surface area contributed by atoms with E-state index in [1.807, 2.05) is 37.2 Å². The van der Waals surface area contributed by atoms with Crippen molar-refractivity contribution in [2.24, 2.45) is 0 Å². The summed E-state index contributed by atoms with van der Waals surface area (Å²) in [5.41, 5.74) is 3.85. The van der Waals surface area contributed by atoms with E-state index < -0.39 is 0 Å². The van der Waals surface area contributed by atoms with Crippen LogP contribution in [0.15, 0.2) is 54.9 Å². The number of nitrogens with zero attached hydrogens (tertiary/aromatic N) is 4. The summed E-state index contributed by atoms with van der Waals surface area (Å²) in [4.78, 5) is 26.2. The van der Waals surface area contributed by atoms with Gasteiger partial charge in [-0.15, -0.1) is 0 Å². The lowest BCUT2D eigenvalue weighted by molar-refractivity contribution is -0.111. The van der Waals surface area contributed by atoms with Crippen LogP contribution < -0.4 is 15.0 Å². The first-order valence-corrected chi connectivity index (χ1v) is 12.1. The molecule has 1 aromatic heterocycles. The van der Waals surface area contributed by atoms with Crippen molar-refractivity contribution in [3.63, 3.8) is 0 Å². The van der Waals surface area contributed by atoms with Crippen LogP contribution in [0.5, 0.6) is 5.75 Å². The van der Waals surface area contributed by atoms with Gasteiger partial charge in [-0.3, -0.25) is 4.79 Å². The number of anilines is 3. The number of hydrogen-bond acceptors (Lipinski definition) is 7. The van der Waals surface area contributed by atoms with Gasteiger partial charge in [-0.25, -0.2) is 9.97 Å². The Morgan fingerprint density at radius 3 is 3.00 bits per heavy atom. The lowest BCUT2D eigenvalue weighted by Gasteiger charge is -2.31. The Morgan fingerprint density at radius 2 is 2.17 bits per heavy atom. The van der Waals surface area contributed by atoms with Gasteiger partial charge in [0, 0.05) is 42.7 Å². The smallest absolute Gasteiger partial charge is 0.248 e. The Labute approximate surface area is 205 Å². The molecule has 1 atom stereocenters. The predicted molar refractivity (Wildman–Crippen MR) is 137 cm³/mol. The van der Waals surface area contributed by atoms with Crippen LogP contribution in [0.2, 0.25) is 0 Å². The zero-order valence-electron chi connectivity index (χ0n) is 20.2. The van der Waals surface area contributed by atoms with Crippen LogP contribution in [0.4, 0.5) is 17.2 Å². The zero-order chi connectivity index (χ0) is 24.2. The highest BCUT2D eigenvalue weighted by atomic mass is 16.5. The van der Waals surface area contributed by atoms with E-state index in [0.717, 1.165) is 42.5 Å². The summed E-state index contributed by atoms with van der Waals surface area (Å²) in [7, 11) is 3.92. The van der Waals surface area contributed by atoms with Crippen LogP contribution in [0.3, 0.4) is 0 Å². The van der Waals surface area contributed by atoms with Crippen LogP contribution >= 0.6 is 0 Å². The van der Waals surface area contributed by atoms with Crippen molar-refractivity contribution in [3.05, 3.63) is 60.4 Å². The molecule has 8 heteroatoms. The molecular formula is C27H31N5O3. The van der Waals surface area contributed by atoms with Crippen molar-refractivity contribution in [1.29, 1.82) is 0 Å². The lowest BCUT2D eigenvalue weighted by Crippen LogP contribution is -2.25. The van der Waals surface area contributed by atoms with Crippen molar-refractivity contribution < 1.29 is 14.3 Å². The standard InChI is InChI=1S/C27H31N5O3/c1-31(2)12-6-10-26(33)30-23-15-21-22(16-25(23)35-20-11-14-34-17-20)28-18-29-27(21)32-13-5-8-19-7-3-4-9-24(19)32/h3-4,6-7,9-10,15-16,18,20H,5,8,11-14,17H2,1-2H3,(H,30,33)/b10-6+/t20-/m1/s1. The number of amides is 1. The molecule has 2 aromatic carbocycles. The number of benzene rings is 2. The van der Waals surface area contributed by atoms with Gasteiger partial charge in [0.05, 0.1) is 24.4 Å². The summed E-state index contributed by atoms with van der Waals surface area (Å²) < 4.78 is 11.7. The predicted octanol–water partition coefficient (Wildman–Crippen LogP) is 3.94. The number of likely N-dealkylation sites (N-methyl/N-ethyl adjacent to an activating group) is 1. The average Bonchev–Trinajstić information content (AvgIpc) is 3.37. The van der Waals surface area contributed by atoms with Crippen LogP contribution in [-0.2, 0) is 16.0 Å². The van der Waals surface area contributed by atoms with Crippen LogP contribution in [-0.4, -0.2) is 67.3 Å². The fourth-order valence-corrected chi connectivity index (χ4v) is 4.56. The first kappa shape index (κ1) is 23.3. The number of fused-ring (bicyclic) bond motifs is 2. The van der Waals surface area contributed by atoms with E-state index in [1.165, 1.54) is 11.3 Å². The van der Waals surface area contributed by atoms with E-state index in [1.54, 1.807) is 12.4 Å². The van der Waals surface area contributed by atoms with Gasteiger partial charge in [0.25, 0.3) is 0 Å². The molecule has 2 aliphatic rings. The van der Waals surface area contributed by atoms with Crippen molar-refractivity contribution in [2.75, 3.05) is 50.6 Å². The number of ether oxygens (including phenoxy) is 2. The second-order valence-corrected chi connectivity index (χ2v) is 9.20. The van der Waals surface area contributed by atoms with E-state index >= 15 is 0 Å². The topological polar surface area (TPSA) is 79.8 Å². The third kappa shape index (κ3) is 5.28. The second kappa shape index (κ2) is 10.4. The first-order chi connectivity index (χ1) is 17.1. The van der Waals surface area contributed by atoms with E-state index in [-0.39, 0.29) is 12.0 Å². The Bertz CT molecular complexity index is 1240. The molecule has 0 spiro atoms. The Balaban J connectivity index is 1.54. The molecule has 5 rings (SSSR count). The highest BCUT2D eigenvalue weighted by molar-refractivity contribution is 6.03. The normalized spacial score (nSPS) is 17.8. The third-order valence-corrected chi connectivity index (χ3v) is 6.26. The van der Waals surface area contributed by atoms with Gasteiger partial charge in [-0.05, 0) is 44.6 Å². The molecule has 1 saturated heterocycles. The number of aromatic nitrogens is 2. The van der Waals surface area contributed by atoms with E-state index in [9.17, 15) is 4.79 Å². The van der Waals surface area contributed by atoms with E-state index in [2.05, 4.69) is 44.5 Å². The fourth-order valence-electron chi connectivity index (χ4n) is 4.56. The molecule has 1 fully saturated rings. The molecule has 35 heavy (non-hydrogen) atoms. The van der Waals surface area contributed by atoms with Crippen molar-refractivity contribution >= 4 is 34.0 Å². The Hall–Kier alpha value is -3.49. The van der Waals surface area contributed by atoms with Crippen molar-refractivity contribution in [1.82, 2.24) is 14.9 Å². The minimum Gasteiger partial charge on any atom is -0.486 e. The average molecular weight is 474 g/mol. The lowest BCUT2D eigenvalue weighted by atomic mass is 10.0. The summed E-state index contributed by atoms with van der Waals surface area (Å²) in [6.07, 6.45) is 7.84. The van der Waals surface area contributed by atoms with Crippen molar-refractivity contribution in [2.45, 2.75) is 25.4 Å². The highest BCUT2D eigenvalue weighted by Gasteiger charge is 2.24. The molecule has 0 saturated carbocycles. The molecule has 0 bridgehead atoms.